The molecule has 0 fully saturated rings. The molecule has 0 bridgehead atoms. The first-order valence-corrected chi connectivity index (χ1v) is 5.57. The molecule has 20 heavy (non-hydrogen) atoms. The van der Waals surface area contributed by atoms with Crippen molar-refractivity contribution in [1.82, 2.24) is 9.97 Å². The van der Waals surface area contributed by atoms with Crippen LogP contribution in [0.2, 0.25) is 0 Å². The van der Waals surface area contributed by atoms with Crippen LogP contribution in [0.4, 0.5) is 11.8 Å². The van der Waals surface area contributed by atoms with E-state index in [1.165, 1.54) is 32.3 Å². The van der Waals surface area contributed by atoms with Gasteiger partial charge >= 0.3 is 11.9 Å². The minimum absolute atomic E-state index is 0.0425. The molecule has 0 radical (unpaired) electrons. The highest BCUT2D eigenvalue weighted by atomic mass is 16.5. The highest BCUT2D eigenvalue weighted by Gasteiger charge is 2.18. The zero-order valence-corrected chi connectivity index (χ0v) is 11.5. The molecular weight excluding hydrogens is 268 g/mol. The summed E-state index contributed by atoms with van der Waals surface area (Å²) in [5.74, 6) is -0.647. The maximum atomic E-state index is 11.4. The van der Waals surface area contributed by atoms with Gasteiger partial charge in [-0.15, -0.1) is 0 Å². The van der Waals surface area contributed by atoms with E-state index in [1.54, 1.807) is 0 Å². The summed E-state index contributed by atoms with van der Waals surface area (Å²) in [5, 5.41) is 0. The van der Waals surface area contributed by atoms with Crippen LogP contribution < -0.4 is 15.4 Å². The van der Waals surface area contributed by atoms with Crippen LogP contribution >= 0.6 is 0 Å². The van der Waals surface area contributed by atoms with Gasteiger partial charge in [0.25, 0.3) is 0 Å². The molecule has 9 heteroatoms. The number of aromatic nitrogens is 2. The summed E-state index contributed by atoms with van der Waals surface area (Å²) in [6, 6.07) is 1.45. The van der Waals surface area contributed by atoms with Gasteiger partial charge in [0.1, 0.15) is 18.9 Å². The van der Waals surface area contributed by atoms with E-state index in [2.05, 4.69) is 19.4 Å². The van der Waals surface area contributed by atoms with Crippen molar-refractivity contribution in [3.63, 3.8) is 0 Å². The fourth-order valence-corrected chi connectivity index (χ4v) is 1.36. The second-order valence-corrected chi connectivity index (χ2v) is 3.64. The molecule has 110 valence electrons. The number of rotatable bonds is 6. The Morgan fingerprint density at radius 3 is 2.15 bits per heavy atom. The third kappa shape index (κ3) is 4.26. The van der Waals surface area contributed by atoms with Crippen LogP contribution in [0.3, 0.4) is 0 Å². The number of carbonyl (C=O) groups is 2. The molecule has 0 saturated carbocycles. The summed E-state index contributed by atoms with van der Waals surface area (Å²) in [7, 11) is 3.90. The van der Waals surface area contributed by atoms with Gasteiger partial charge in [0.2, 0.25) is 11.8 Å². The quantitative estimate of drug-likeness (QED) is 0.671. The van der Waals surface area contributed by atoms with E-state index in [0.29, 0.717) is 0 Å². The Hall–Kier alpha value is -2.58. The molecule has 0 atom stereocenters. The number of methoxy groups -OCH3 is 3. The van der Waals surface area contributed by atoms with Gasteiger partial charge < -0.3 is 24.8 Å². The van der Waals surface area contributed by atoms with Crippen LogP contribution in [-0.4, -0.2) is 56.3 Å². The van der Waals surface area contributed by atoms with Gasteiger partial charge in [0.15, 0.2) is 0 Å². The van der Waals surface area contributed by atoms with Gasteiger partial charge in [-0.3, -0.25) is 9.59 Å². The molecule has 1 aromatic rings. The van der Waals surface area contributed by atoms with Crippen molar-refractivity contribution in [2.75, 3.05) is 45.1 Å². The molecule has 0 unspecified atom stereocenters. The van der Waals surface area contributed by atoms with Crippen molar-refractivity contribution in [1.29, 1.82) is 0 Å². The third-order valence-electron chi connectivity index (χ3n) is 2.33. The smallest absolute Gasteiger partial charge is 0.325 e. The topological polar surface area (TPSA) is 117 Å². The number of nitrogens with zero attached hydrogens (tertiary/aromatic N) is 3. The van der Waals surface area contributed by atoms with Crippen LogP contribution in [0.25, 0.3) is 0 Å². The average molecular weight is 284 g/mol. The normalized spacial score (nSPS) is 9.75. The SMILES string of the molecule is COC(=O)CN(CC(=O)OC)c1cc(OC)nc(N)n1. The molecular formula is C11H16N4O5. The molecule has 1 heterocycles. The number of ether oxygens (including phenoxy) is 3. The van der Waals surface area contributed by atoms with Crippen molar-refractivity contribution in [3.05, 3.63) is 6.07 Å². The lowest BCUT2D eigenvalue weighted by atomic mass is 10.4. The zero-order valence-electron chi connectivity index (χ0n) is 11.5. The highest BCUT2D eigenvalue weighted by Crippen LogP contribution is 2.18. The predicted molar refractivity (Wildman–Crippen MR) is 69.2 cm³/mol. The molecule has 1 aromatic heterocycles. The monoisotopic (exact) mass is 284 g/mol. The summed E-state index contributed by atoms with van der Waals surface area (Å²) in [6.07, 6.45) is 0. The third-order valence-corrected chi connectivity index (χ3v) is 2.33. The largest absolute Gasteiger partial charge is 0.481 e. The van der Waals surface area contributed by atoms with E-state index in [1.807, 2.05) is 0 Å². The number of anilines is 2. The number of nitrogens with two attached hydrogens (primary N) is 1. The lowest BCUT2D eigenvalue weighted by molar-refractivity contribution is -0.140. The Labute approximate surface area is 115 Å². The van der Waals surface area contributed by atoms with E-state index in [-0.39, 0.29) is 30.7 Å². The Morgan fingerprint density at radius 2 is 1.70 bits per heavy atom. The van der Waals surface area contributed by atoms with E-state index < -0.39 is 11.9 Å². The maximum Gasteiger partial charge on any atom is 0.325 e. The molecule has 0 spiro atoms. The Balaban J connectivity index is 3.04. The minimum atomic E-state index is -0.537. The average Bonchev–Trinajstić information content (AvgIpc) is 2.45. The second-order valence-electron chi connectivity index (χ2n) is 3.64. The van der Waals surface area contributed by atoms with Gasteiger partial charge in [-0.2, -0.15) is 9.97 Å². The molecule has 1 rings (SSSR count). The number of esters is 2. The molecule has 0 aliphatic carbocycles. The molecule has 0 amide bonds. The fraction of sp³-hybridized carbons (Fsp3) is 0.455. The standard InChI is InChI=1S/C11H16N4O5/c1-18-8-4-7(13-11(12)14-8)15(5-9(16)19-2)6-10(17)20-3/h4H,5-6H2,1-3H3,(H2,12,13,14). The molecule has 9 nitrogen and oxygen atoms in total. The van der Waals surface area contributed by atoms with Crippen LogP contribution in [-0.2, 0) is 19.1 Å². The van der Waals surface area contributed by atoms with Crippen molar-refractivity contribution in [2.45, 2.75) is 0 Å². The first-order chi connectivity index (χ1) is 9.49. The van der Waals surface area contributed by atoms with Crippen LogP contribution in [0.15, 0.2) is 6.07 Å². The summed E-state index contributed by atoms with van der Waals surface area (Å²) in [4.78, 5) is 31.9. The van der Waals surface area contributed by atoms with Crippen molar-refractivity contribution < 1.29 is 23.8 Å². The van der Waals surface area contributed by atoms with Crippen molar-refractivity contribution in [2.24, 2.45) is 0 Å². The lowest BCUT2D eigenvalue weighted by Gasteiger charge is -2.21. The van der Waals surface area contributed by atoms with Gasteiger partial charge in [-0.05, 0) is 0 Å². The first kappa shape index (κ1) is 15.5. The van der Waals surface area contributed by atoms with E-state index in [4.69, 9.17) is 10.5 Å². The number of hydrogen-bond acceptors (Lipinski definition) is 9. The highest BCUT2D eigenvalue weighted by molar-refractivity contribution is 5.80. The summed E-state index contributed by atoms with van der Waals surface area (Å²) >= 11 is 0. The van der Waals surface area contributed by atoms with Gasteiger partial charge in [0.05, 0.1) is 21.3 Å². The van der Waals surface area contributed by atoms with Gasteiger partial charge in [-0.25, -0.2) is 0 Å². The van der Waals surface area contributed by atoms with E-state index in [0.717, 1.165) is 0 Å². The fourth-order valence-electron chi connectivity index (χ4n) is 1.36. The summed E-state index contributed by atoms with van der Waals surface area (Å²) < 4.78 is 14.1. The Kier molecular flexibility index (Phi) is 5.51. The van der Waals surface area contributed by atoms with Crippen LogP contribution in [0.5, 0.6) is 5.88 Å². The van der Waals surface area contributed by atoms with Gasteiger partial charge in [-0.1, -0.05) is 0 Å². The molecule has 0 aliphatic rings. The number of nitrogen functional groups attached to an aromatic ring is 1. The predicted octanol–water partition coefficient (Wildman–Crippen LogP) is -0.780. The zero-order chi connectivity index (χ0) is 15.1. The van der Waals surface area contributed by atoms with E-state index >= 15 is 0 Å². The summed E-state index contributed by atoms with van der Waals surface area (Å²) in [6.45, 7) is -0.379. The molecule has 0 saturated heterocycles. The van der Waals surface area contributed by atoms with Gasteiger partial charge in [0, 0.05) is 6.07 Å². The molecule has 0 aliphatic heterocycles. The van der Waals surface area contributed by atoms with Crippen molar-refractivity contribution >= 4 is 23.7 Å². The van der Waals surface area contributed by atoms with E-state index in [9.17, 15) is 9.59 Å². The molecule has 0 aromatic carbocycles. The number of hydrogen-bond donors (Lipinski definition) is 1. The lowest BCUT2D eigenvalue weighted by Crippen LogP contribution is -2.36. The first-order valence-electron chi connectivity index (χ1n) is 5.57. The minimum Gasteiger partial charge on any atom is -0.481 e. The Bertz CT molecular complexity index is 476. The molecule has 2 N–H and O–H groups in total. The second kappa shape index (κ2) is 7.12. The van der Waals surface area contributed by atoms with Crippen LogP contribution in [0.1, 0.15) is 0 Å². The van der Waals surface area contributed by atoms with Crippen LogP contribution in [0, 0.1) is 0 Å². The van der Waals surface area contributed by atoms with Crippen molar-refractivity contribution in [3.8, 4) is 5.88 Å². The summed E-state index contributed by atoms with van der Waals surface area (Å²) in [5.41, 5.74) is 5.54. The maximum absolute atomic E-state index is 11.4. The Morgan fingerprint density at radius 1 is 1.15 bits per heavy atom. The number of carbonyl (C=O) groups excluding carboxylic acids is 2.